The zero-order valence-corrected chi connectivity index (χ0v) is 24.1. The monoisotopic (exact) mass is 597 g/mol. The van der Waals surface area contributed by atoms with Crippen molar-refractivity contribution < 1.29 is 53.9 Å². The Labute approximate surface area is 242 Å². The van der Waals surface area contributed by atoms with Gasteiger partial charge in [-0.1, -0.05) is 0 Å². The average molecular weight is 598 g/mol. The van der Waals surface area contributed by atoms with Crippen LogP contribution in [0.25, 0.3) is 0 Å². The summed E-state index contributed by atoms with van der Waals surface area (Å²) in [7, 11) is 0. The third-order valence-electron chi connectivity index (χ3n) is 6.29. The van der Waals surface area contributed by atoms with Crippen LogP contribution in [0.15, 0.2) is 18.2 Å². The lowest BCUT2D eigenvalue weighted by Crippen LogP contribution is -2.40. The van der Waals surface area contributed by atoms with Crippen molar-refractivity contribution in [3.8, 4) is 11.5 Å². The van der Waals surface area contributed by atoms with Crippen LogP contribution in [0.3, 0.4) is 0 Å². The molecule has 5 N–H and O–H groups in total. The number of hydrogen-bond acceptors (Lipinski definition) is 11. The number of nitrogens with zero attached hydrogens (tertiary/aromatic N) is 1. The molecule has 234 valence electrons. The molecule has 1 unspecified atom stereocenters. The molecule has 1 aromatic carbocycles. The van der Waals surface area contributed by atoms with Crippen LogP contribution in [0, 0.1) is 36.8 Å². The van der Waals surface area contributed by atoms with Crippen LogP contribution < -0.4 is 20.1 Å². The summed E-state index contributed by atoms with van der Waals surface area (Å²) in [5.74, 6) is -1.97. The topological polar surface area (TPSA) is 224 Å². The second kappa shape index (κ2) is 18.2. The molecule has 0 bridgehead atoms. The van der Waals surface area contributed by atoms with Crippen LogP contribution in [-0.2, 0) is 24.0 Å². The molecule has 1 atom stereocenters. The first-order chi connectivity index (χ1) is 19.7. The fraction of sp³-hybridized carbons (Fsp3) is 0.556. The van der Waals surface area contributed by atoms with Gasteiger partial charge in [-0.05, 0) is 69.2 Å². The number of aliphatic hydroxyl groups excluding tert-OH is 1. The summed E-state index contributed by atoms with van der Waals surface area (Å²) >= 11 is 0. The summed E-state index contributed by atoms with van der Waals surface area (Å²) in [6.45, 7) is 8.18. The van der Waals surface area contributed by atoms with Crippen molar-refractivity contribution in [1.82, 2.24) is 10.6 Å². The van der Waals surface area contributed by atoms with E-state index < -0.39 is 29.2 Å². The highest BCUT2D eigenvalue weighted by Crippen LogP contribution is 2.33. The number of rotatable bonds is 14. The molecule has 0 heterocycles. The lowest BCUT2D eigenvalue weighted by molar-refractivity contribution is -0.769. The van der Waals surface area contributed by atoms with E-state index in [1.165, 1.54) is 6.92 Å². The number of nitrogens with one attached hydrogen (secondary N) is 2. The molecule has 1 fully saturated rings. The number of aryl methyl sites for hydroxylation is 1. The van der Waals surface area contributed by atoms with Crippen LogP contribution >= 0.6 is 0 Å². The van der Waals surface area contributed by atoms with Gasteiger partial charge in [0, 0.05) is 44.6 Å². The highest BCUT2D eigenvalue weighted by Gasteiger charge is 2.27. The predicted molar refractivity (Wildman–Crippen MR) is 148 cm³/mol. The minimum absolute atomic E-state index is 0.0661. The van der Waals surface area contributed by atoms with Gasteiger partial charge in [-0.25, -0.2) is 9.59 Å². The van der Waals surface area contributed by atoms with E-state index in [-0.39, 0.29) is 24.4 Å². The summed E-state index contributed by atoms with van der Waals surface area (Å²) in [6, 6.07) is 1.78. The van der Waals surface area contributed by atoms with Crippen molar-refractivity contribution >= 4 is 23.8 Å². The first kappa shape index (κ1) is 35.8. The fourth-order valence-corrected chi connectivity index (χ4v) is 4.10. The molecule has 0 saturated heterocycles. The third-order valence-corrected chi connectivity index (χ3v) is 6.29. The van der Waals surface area contributed by atoms with E-state index >= 15 is 0 Å². The summed E-state index contributed by atoms with van der Waals surface area (Å²) in [5.41, 5.74) is 2.42. The zero-order valence-electron chi connectivity index (χ0n) is 24.1. The normalized spacial score (nSPS) is 16.9. The fourth-order valence-electron chi connectivity index (χ4n) is 4.10. The smallest absolute Gasteiger partial charge is 0.328 e. The lowest BCUT2D eigenvalue weighted by atomic mass is 9.87. The minimum atomic E-state index is -1.26. The van der Waals surface area contributed by atoms with Crippen molar-refractivity contribution in [3.63, 3.8) is 0 Å². The first-order valence-electron chi connectivity index (χ1n) is 13.2. The number of carbonyl (C=O) groups excluding carboxylic acids is 2. The van der Waals surface area contributed by atoms with Gasteiger partial charge in [0.1, 0.15) is 30.3 Å². The Kier molecular flexibility index (Phi) is 15.5. The van der Waals surface area contributed by atoms with Gasteiger partial charge in [0.15, 0.2) is 0 Å². The van der Waals surface area contributed by atoms with E-state index in [1.807, 2.05) is 20.8 Å². The highest BCUT2D eigenvalue weighted by molar-refractivity contribution is 5.89. The number of benzene rings is 1. The van der Waals surface area contributed by atoms with Gasteiger partial charge in [0.25, 0.3) is 5.09 Å². The molecule has 42 heavy (non-hydrogen) atoms. The number of hydrogen-bond donors (Lipinski definition) is 5. The molecule has 0 aromatic heterocycles. The molecule has 15 nitrogen and oxygen atoms in total. The molecule has 1 aliphatic carbocycles. The number of carboxylic acids is 2. The van der Waals surface area contributed by atoms with E-state index in [4.69, 9.17) is 19.7 Å². The number of aliphatic hydroxyl groups is 1. The Bertz CT molecular complexity index is 1110. The molecule has 1 amide bonds. The van der Waals surface area contributed by atoms with E-state index in [2.05, 4.69) is 15.5 Å². The summed E-state index contributed by atoms with van der Waals surface area (Å²) in [6.07, 6.45) is 2.06. The largest absolute Gasteiger partial charge is 0.491 e. The number of esters is 1. The molecular formula is C27H39N3O12. The number of amides is 1. The molecule has 0 radical (unpaired) electrons. The Morgan fingerprint density at radius 3 is 2.17 bits per heavy atom. The predicted octanol–water partition coefficient (Wildman–Crippen LogP) is 1.46. The number of carboxylic acid groups (broad SMARTS) is 2. The van der Waals surface area contributed by atoms with Crippen LogP contribution in [0.2, 0.25) is 0 Å². The molecule has 1 aliphatic rings. The van der Waals surface area contributed by atoms with Gasteiger partial charge in [-0.3, -0.25) is 9.59 Å². The maximum Gasteiger partial charge on any atom is 0.328 e. The quantitative estimate of drug-likeness (QED) is 0.0512. The molecule has 1 saturated carbocycles. The van der Waals surface area contributed by atoms with Gasteiger partial charge in [-0.15, -0.1) is 10.1 Å². The highest BCUT2D eigenvalue weighted by atomic mass is 17.0. The van der Waals surface area contributed by atoms with E-state index in [1.54, 1.807) is 6.07 Å². The first-order valence-corrected chi connectivity index (χ1v) is 13.2. The maximum absolute atomic E-state index is 12.2. The molecular weight excluding hydrogens is 558 g/mol. The van der Waals surface area contributed by atoms with Crippen LogP contribution in [0.5, 0.6) is 11.5 Å². The molecule has 15 heteroatoms. The van der Waals surface area contributed by atoms with Crippen LogP contribution in [0.4, 0.5) is 0 Å². The Balaban J connectivity index is 0.000000962. The Hall–Kier alpha value is -4.24. The molecule has 0 aliphatic heterocycles. The second-order valence-electron chi connectivity index (χ2n) is 9.64. The van der Waals surface area contributed by atoms with Crippen LogP contribution in [0.1, 0.15) is 49.3 Å². The molecule has 1 aromatic rings. The van der Waals surface area contributed by atoms with Gasteiger partial charge < -0.3 is 40.3 Å². The minimum Gasteiger partial charge on any atom is -0.491 e. The Morgan fingerprint density at radius 2 is 1.64 bits per heavy atom. The van der Waals surface area contributed by atoms with Gasteiger partial charge in [0.2, 0.25) is 5.91 Å². The number of carbonyl (C=O) groups is 4. The lowest BCUT2D eigenvalue weighted by Gasteiger charge is -2.26. The van der Waals surface area contributed by atoms with Gasteiger partial charge in [0.05, 0.1) is 0 Å². The summed E-state index contributed by atoms with van der Waals surface area (Å²) in [4.78, 5) is 57.6. The third kappa shape index (κ3) is 13.9. The molecule has 0 spiro atoms. The van der Waals surface area contributed by atoms with Gasteiger partial charge >= 0.3 is 17.9 Å². The van der Waals surface area contributed by atoms with E-state index in [0.717, 1.165) is 16.7 Å². The number of aliphatic carboxylic acids is 2. The molecule has 2 rings (SSSR count). The van der Waals surface area contributed by atoms with Crippen molar-refractivity contribution in [2.45, 2.75) is 65.6 Å². The maximum atomic E-state index is 12.2. The van der Waals surface area contributed by atoms with E-state index in [0.29, 0.717) is 69.0 Å². The number of ether oxygens (including phenoxy) is 2. The second-order valence-corrected chi connectivity index (χ2v) is 9.64. The van der Waals surface area contributed by atoms with E-state index in [9.17, 15) is 34.4 Å². The van der Waals surface area contributed by atoms with Crippen molar-refractivity contribution in [3.05, 3.63) is 45.0 Å². The van der Waals surface area contributed by atoms with Crippen molar-refractivity contribution in [2.75, 3.05) is 26.2 Å². The van der Waals surface area contributed by atoms with Gasteiger partial charge in [-0.2, -0.15) is 0 Å². The van der Waals surface area contributed by atoms with Crippen molar-refractivity contribution in [2.24, 2.45) is 5.92 Å². The average Bonchev–Trinajstić information content (AvgIpc) is 2.91. The standard InChI is InChI=1S/C23H35N3O8.C4H4O4/c1-14-11-21(15(2)16(3)22(14)33-17(4)27)32-13-19(28)12-24-9-10-25-23(29)18-5-7-20(8-6-18)34-26(30)31;5-3(6)1-2-4(7)8/h11,18-20,24,28H,5-10,12-13H2,1-4H3,(H,25,29);1-2H,(H,5,6)(H,7,8). The van der Waals surface area contributed by atoms with Crippen molar-refractivity contribution in [1.29, 1.82) is 0 Å². The summed E-state index contributed by atoms with van der Waals surface area (Å²) < 4.78 is 11.0. The zero-order chi connectivity index (χ0) is 31.8. The van der Waals surface area contributed by atoms with Crippen LogP contribution in [-0.4, -0.2) is 82.7 Å². The Morgan fingerprint density at radius 1 is 1.05 bits per heavy atom. The summed E-state index contributed by atoms with van der Waals surface area (Å²) in [5, 5.41) is 41.4. The SMILES string of the molecule is CC(=O)Oc1c(C)cc(OCC(O)CNCCNC(=O)C2CCC(O[N+](=O)[O-])CC2)c(C)c1C.O=C(O)C=CC(=O)O.